The predicted octanol–water partition coefficient (Wildman–Crippen LogP) is 10.3. The number of aliphatic hydroxyl groups is 1. The Hall–Kier alpha value is -1.88. The molecule has 0 amide bonds. The molecule has 0 aliphatic rings. The Balaban J connectivity index is 0.000000760. The average Bonchev–Trinajstić information content (AvgIpc) is 2.95. The summed E-state index contributed by atoms with van der Waals surface area (Å²) in [5.41, 5.74) is -1.28. The number of rotatable bonds is 25. The predicted molar refractivity (Wildman–Crippen MR) is 168 cm³/mol. The molecule has 0 fully saturated rings. The molecule has 1 unspecified atom stereocenters. The molecule has 0 spiro atoms. The highest BCUT2D eigenvalue weighted by Crippen LogP contribution is 2.37. The van der Waals surface area contributed by atoms with E-state index in [-0.39, 0.29) is 5.92 Å². The second-order valence-corrected chi connectivity index (χ2v) is 11.5. The summed E-state index contributed by atoms with van der Waals surface area (Å²) in [6, 6.07) is 8.80. The molecule has 0 bridgehead atoms. The van der Waals surface area contributed by atoms with Gasteiger partial charge in [0.25, 0.3) is 0 Å². The molecule has 5 nitrogen and oxygen atoms in total. The first-order chi connectivity index (χ1) is 19.3. The fourth-order valence-corrected chi connectivity index (χ4v) is 5.34. The van der Waals surface area contributed by atoms with Crippen molar-refractivity contribution >= 4 is 11.9 Å². The molecule has 3 N–H and O–H groups in total. The molecule has 1 aromatic carbocycles. The average molecular weight is 563 g/mol. The quantitative estimate of drug-likeness (QED) is 0.103. The maximum Gasteiger partial charge on any atom is 0.340 e. The van der Waals surface area contributed by atoms with Crippen molar-refractivity contribution in [2.75, 3.05) is 0 Å². The molecule has 0 saturated heterocycles. The maximum atomic E-state index is 11.7. The van der Waals surface area contributed by atoms with Crippen LogP contribution in [0.5, 0.6) is 0 Å². The Morgan fingerprint density at radius 3 is 1.32 bits per heavy atom. The van der Waals surface area contributed by atoms with Crippen molar-refractivity contribution in [2.24, 2.45) is 5.92 Å². The molecule has 0 heterocycles. The van der Waals surface area contributed by atoms with Gasteiger partial charge < -0.3 is 15.3 Å². The summed E-state index contributed by atoms with van der Waals surface area (Å²) < 4.78 is 0. The lowest BCUT2D eigenvalue weighted by atomic mass is 9.76. The molecular formula is C35H62O5. The third-order valence-corrected chi connectivity index (χ3v) is 7.94. The number of hydrogen-bond acceptors (Lipinski definition) is 3. The molecule has 1 aromatic rings. The fraction of sp³-hybridized carbons (Fsp3) is 0.771. The van der Waals surface area contributed by atoms with Crippen molar-refractivity contribution in [1.29, 1.82) is 0 Å². The highest BCUT2D eigenvalue weighted by atomic mass is 16.4. The summed E-state index contributed by atoms with van der Waals surface area (Å²) in [4.78, 5) is 22.1. The molecule has 40 heavy (non-hydrogen) atoms. The lowest BCUT2D eigenvalue weighted by Crippen LogP contribution is -2.43. The number of unbranched alkanes of at least 4 members (excludes halogenated alkanes) is 16. The van der Waals surface area contributed by atoms with Gasteiger partial charge in [-0.2, -0.15) is 0 Å². The Labute approximate surface area is 246 Å². The van der Waals surface area contributed by atoms with E-state index < -0.39 is 17.5 Å². The normalized spacial score (nSPS) is 12.5. The van der Waals surface area contributed by atoms with Gasteiger partial charge in [-0.1, -0.05) is 167 Å². The van der Waals surface area contributed by atoms with Crippen LogP contribution in [0, 0.1) is 5.92 Å². The van der Waals surface area contributed by atoms with E-state index in [0.29, 0.717) is 12.0 Å². The van der Waals surface area contributed by atoms with Crippen LogP contribution in [0.3, 0.4) is 0 Å². The molecule has 0 saturated carbocycles. The van der Waals surface area contributed by atoms with Crippen molar-refractivity contribution in [3.8, 4) is 0 Å². The zero-order valence-electron chi connectivity index (χ0n) is 26.2. The highest BCUT2D eigenvalue weighted by molar-refractivity contribution is 5.79. The van der Waals surface area contributed by atoms with E-state index in [0.717, 1.165) is 51.4 Å². The van der Waals surface area contributed by atoms with E-state index in [4.69, 9.17) is 5.11 Å². The minimum Gasteiger partial charge on any atom is -0.481 e. The molecule has 5 heteroatoms. The smallest absolute Gasteiger partial charge is 0.340 e. The van der Waals surface area contributed by atoms with Crippen molar-refractivity contribution in [2.45, 2.75) is 168 Å². The van der Waals surface area contributed by atoms with Crippen LogP contribution in [-0.4, -0.2) is 27.3 Å². The molecular weight excluding hydrogens is 500 g/mol. The molecule has 1 rings (SSSR count). The first kappa shape index (κ1) is 38.1. The molecule has 0 aromatic heterocycles. The number of carboxylic acid groups (broad SMARTS) is 2. The number of carboxylic acids is 2. The van der Waals surface area contributed by atoms with Gasteiger partial charge in [0.15, 0.2) is 5.60 Å². The van der Waals surface area contributed by atoms with E-state index in [1.165, 1.54) is 83.5 Å². The van der Waals surface area contributed by atoms with Gasteiger partial charge in [0.1, 0.15) is 0 Å². The van der Waals surface area contributed by atoms with Gasteiger partial charge in [-0.05, 0) is 24.8 Å². The topological polar surface area (TPSA) is 94.8 Å². The third-order valence-electron chi connectivity index (χ3n) is 7.94. The Kier molecular flexibility index (Phi) is 24.8. The van der Waals surface area contributed by atoms with Crippen LogP contribution in [0.1, 0.15) is 168 Å². The minimum atomic E-state index is -1.77. The third kappa shape index (κ3) is 18.5. The number of aliphatic carboxylic acids is 2. The lowest BCUT2D eigenvalue weighted by Gasteiger charge is -2.33. The molecule has 0 aliphatic carbocycles. The highest BCUT2D eigenvalue weighted by Gasteiger charge is 2.44. The Morgan fingerprint density at radius 2 is 0.975 bits per heavy atom. The summed E-state index contributed by atoms with van der Waals surface area (Å²) in [6.07, 6.45) is 25.6. The Bertz CT molecular complexity index is 712. The van der Waals surface area contributed by atoms with Crippen molar-refractivity contribution < 1.29 is 24.9 Å². The standard InChI is InChI=1S/C18H36O2.C17H26O3/c1-2-3-4-5-6-7-8-9-10-11-12-13-14-15-16-17-18(19)20;1-3-5-10-14(11-6-4-2)17(20,16(18)19)15-12-8-7-9-13-15/h2-17H2,1H3,(H,19,20);7-9,12-14,20H,3-6,10-11H2,1-2H3,(H,18,19). The number of hydrogen-bond donors (Lipinski definition) is 3. The summed E-state index contributed by atoms with van der Waals surface area (Å²) in [7, 11) is 0. The van der Waals surface area contributed by atoms with E-state index in [1.807, 2.05) is 6.07 Å². The second-order valence-electron chi connectivity index (χ2n) is 11.5. The van der Waals surface area contributed by atoms with Gasteiger partial charge in [0, 0.05) is 12.3 Å². The van der Waals surface area contributed by atoms with Gasteiger partial charge in [-0.15, -0.1) is 0 Å². The SMILES string of the molecule is CCCCC(CCCC)C(O)(C(=O)O)c1ccccc1.CCCCCCCCCCCCCCCCCC(=O)O. The van der Waals surface area contributed by atoms with E-state index in [1.54, 1.807) is 24.3 Å². The number of benzene rings is 1. The molecule has 0 aliphatic heterocycles. The van der Waals surface area contributed by atoms with Gasteiger partial charge >= 0.3 is 11.9 Å². The Morgan fingerprint density at radius 1 is 0.600 bits per heavy atom. The summed E-state index contributed by atoms with van der Waals surface area (Å²) in [6.45, 7) is 6.44. The largest absolute Gasteiger partial charge is 0.481 e. The first-order valence-corrected chi connectivity index (χ1v) is 16.6. The van der Waals surface area contributed by atoms with Gasteiger partial charge in [-0.25, -0.2) is 4.79 Å². The first-order valence-electron chi connectivity index (χ1n) is 16.6. The van der Waals surface area contributed by atoms with Gasteiger partial charge in [-0.3, -0.25) is 4.79 Å². The second kappa shape index (κ2) is 26.0. The van der Waals surface area contributed by atoms with E-state index >= 15 is 0 Å². The van der Waals surface area contributed by atoms with E-state index in [2.05, 4.69) is 20.8 Å². The van der Waals surface area contributed by atoms with Gasteiger partial charge in [0.2, 0.25) is 0 Å². The van der Waals surface area contributed by atoms with Gasteiger partial charge in [0.05, 0.1) is 0 Å². The zero-order chi connectivity index (χ0) is 29.9. The maximum absolute atomic E-state index is 11.7. The van der Waals surface area contributed by atoms with Crippen LogP contribution in [0.2, 0.25) is 0 Å². The van der Waals surface area contributed by atoms with Crippen molar-refractivity contribution in [1.82, 2.24) is 0 Å². The monoisotopic (exact) mass is 562 g/mol. The summed E-state index contributed by atoms with van der Waals surface area (Å²) in [5, 5.41) is 29.0. The molecule has 1 atom stereocenters. The van der Waals surface area contributed by atoms with E-state index in [9.17, 15) is 19.8 Å². The fourth-order valence-electron chi connectivity index (χ4n) is 5.34. The van der Waals surface area contributed by atoms with Crippen LogP contribution >= 0.6 is 0 Å². The van der Waals surface area contributed by atoms with Crippen LogP contribution in [-0.2, 0) is 15.2 Å². The van der Waals surface area contributed by atoms with Crippen LogP contribution in [0.25, 0.3) is 0 Å². The zero-order valence-corrected chi connectivity index (χ0v) is 26.2. The van der Waals surface area contributed by atoms with Crippen LogP contribution < -0.4 is 0 Å². The molecule has 232 valence electrons. The molecule has 0 radical (unpaired) electrons. The number of carbonyl (C=O) groups is 2. The van der Waals surface area contributed by atoms with Crippen molar-refractivity contribution in [3.05, 3.63) is 35.9 Å². The lowest BCUT2D eigenvalue weighted by molar-refractivity contribution is -0.167. The summed E-state index contributed by atoms with van der Waals surface area (Å²) in [5.74, 6) is -2.03. The minimum absolute atomic E-state index is 0.234. The van der Waals surface area contributed by atoms with Crippen LogP contribution in [0.4, 0.5) is 0 Å². The summed E-state index contributed by atoms with van der Waals surface area (Å²) >= 11 is 0. The van der Waals surface area contributed by atoms with Crippen molar-refractivity contribution in [3.63, 3.8) is 0 Å². The van der Waals surface area contributed by atoms with Crippen LogP contribution in [0.15, 0.2) is 30.3 Å².